The third-order valence-electron chi connectivity index (χ3n) is 1.37. The van der Waals surface area contributed by atoms with E-state index in [4.69, 9.17) is 0 Å². The second kappa shape index (κ2) is 4.26. The highest BCUT2D eigenvalue weighted by Gasteiger charge is 2.01. The molecular weight excluding hydrogens is 223 g/mol. The summed E-state index contributed by atoms with van der Waals surface area (Å²) in [6.45, 7) is 0. The summed E-state index contributed by atoms with van der Waals surface area (Å²) in [5.41, 5.74) is 0.499. The Kier molecular flexibility index (Phi) is 3.29. The van der Waals surface area contributed by atoms with E-state index >= 15 is 0 Å². The van der Waals surface area contributed by atoms with Gasteiger partial charge in [0.15, 0.2) is 0 Å². The first-order valence-corrected chi connectivity index (χ1v) is 4.18. The molecular formula is C9H8BrFO. The van der Waals surface area contributed by atoms with Crippen molar-refractivity contribution in [3.05, 3.63) is 40.3 Å². The van der Waals surface area contributed by atoms with Crippen molar-refractivity contribution in [1.82, 2.24) is 0 Å². The number of ether oxygens (including phenoxy) is 1. The van der Waals surface area contributed by atoms with Crippen LogP contribution in [0.3, 0.4) is 0 Å². The van der Waals surface area contributed by atoms with E-state index < -0.39 is 0 Å². The smallest absolute Gasteiger partial charge is 0.131 e. The van der Waals surface area contributed by atoms with Gasteiger partial charge in [-0.2, -0.15) is 0 Å². The van der Waals surface area contributed by atoms with Crippen molar-refractivity contribution in [2.45, 2.75) is 0 Å². The van der Waals surface area contributed by atoms with Crippen LogP contribution in [0.1, 0.15) is 5.56 Å². The van der Waals surface area contributed by atoms with Crippen molar-refractivity contribution in [2.24, 2.45) is 0 Å². The van der Waals surface area contributed by atoms with Gasteiger partial charge in [0.1, 0.15) is 5.82 Å². The lowest BCUT2D eigenvalue weighted by atomic mass is 10.2. The zero-order valence-electron chi connectivity index (χ0n) is 6.55. The van der Waals surface area contributed by atoms with Gasteiger partial charge in [-0.1, -0.05) is 22.0 Å². The van der Waals surface area contributed by atoms with Crippen molar-refractivity contribution in [2.75, 3.05) is 7.11 Å². The molecule has 0 atom stereocenters. The minimum absolute atomic E-state index is 0.266. The van der Waals surface area contributed by atoms with E-state index in [-0.39, 0.29) is 5.82 Å². The van der Waals surface area contributed by atoms with Gasteiger partial charge >= 0.3 is 0 Å². The molecule has 0 radical (unpaired) electrons. The molecule has 0 bridgehead atoms. The first kappa shape index (κ1) is 9.26. The topological polar surface area (TPSA) is 9.23 Å². The van der Waals surface area contributed by atoms with Crippen LogP contribution < -0.4 is 0 Å². The molecule has 0 saturated heterocycles. The lowest BCUT2D eigenvalue weighted by Crippen LogP contribution is -1.82. The highest BCUT2D eigenvalue weighted by molar-refractivity contribution is 9.10. The summed E-state index contributed by atoms with van der Waals surface area (Å²) in [7, 11) is 1.52. The van der Waals surface area contributed by atoms with Gasteiger partial charge in [0, 0.05) is 10.0 Å². The normalized spacial score (nSPS) is 10.6. The van der Waals surface area contributed by atoms with E-state index in [9.17, 15) is 4.39 Å². The van der Waals surface area contributed by atoms with Gasteiger partial charge in [-0.15, -0.1) is 0 Å². The number of benzene rings is 1. The molecule has 1 aromatic rings. The summed E-state index contributed by atoms with van der Waals surface area (Å²) in [5, 5.41) is 0. The van der Waals surface area contributed by atoms with Crippen LogP contribution in [0.2, 0.25) is 0 Å². The number of hydrogen-bond acceptors (Lipinski definition) is 1. The van der Waals surface area contributed by atoms with Crippen LogP contribution in [0, 0.1) is 5.82 Å². The van der Waals surface area contributed by atoms with Crippen LogP contribution in [-0.4, -0.2) is 7.11 Å². The van der Waals surface area contributed by atoms with Gasteiger partial charge in [-0.25, -0.2) is 4.39 Å². The van der Waals surface area contributed by atoms with Gasteiger partial charge in [0.05, 0.1) is 13.4 Å². The zero-order valence-corrected chi connectivity index (χ0v) is 8.14. The first-order chi connectivity index (χ1) is 5.75. The Balaban J connectivity index is 3.04. The number of methoxy groups -OCH3 is 1. The van der Waals surface area contributed by atoms with Gasteiger partial charge in [0.25, 0.3) is 0 Å². The fourth-order valence-electron chi connectivity index (χ4n) is 0.806. The highest BCUT2D eigenvalue weighted by Crippen LogP contribution is 2.20. The molecule has 0 unspecified atom stereocenters. The lowest BCUT2D eigenvalue weighted by molar-refractivity contribution is 0.341. The molecule has 1 aromatic carbocycles. The second-order valence-corrected chi connectivity index (χ2v) is 3.03. The average molecular weight is 231 g/mol. The predicted molar refractivity (Wildman–Crippen MR) is 50.1 cm³/mol. The molecule has 12 heavy (non-hydrogen) atoms. The molecule has 1 nitrogen and oxygen atoms in total. The summed E-state index contributed by atoms with van der Waals surface area (Å²) in [6, 6.07) is 4.82. The molecule has 0 saturated carbocycles. The molecule has 0 aromatic heterocycles. The number of rotatable bonds is 2. The summed E-state index contributed by atoms with van der Waals surface area (Å²) in [4.78, 5) is 0. The largest absolute Gasteiger partial charge is 0.504 e. The molecule has 64 valence electrons. The minimum atomic E-state index is -0.266. The standard InChI is InChI=1S/C9H8BrFO/c1-12-6-5-7-8(10)3-2-4-9(7)11/h2-6H,1H3/b6-5+. The van der Waals surface area contributed by atoms with Crippen molar-refractivity contribution in [1.29, 1.82) is 0 Å². The van der Waals surface area contributed by atoms with E-state index in [0.29, 0.717) is 5.56 Å². The maximum absolute atomic E-state index is 13.0. The Labute approximate surface area is 79.0 Å². The number of halogens is 2. The fraction of sp³-hybridized carbons (Fsp3) is 0.111. The van der Waals surface area contributed by atoms with Crippen LogP contribution in [-0.2, 0) is 4.74 Å². The summed E-state index contributed by atoms with van der Waals surface area (Å²) in [6.07, 6.45) is 3.00. The third-order valence-corrected chi connectivity index (χ3v) is 2.06. The molecule has 3 heteroatoms. The van der Waals surface area contributed by atoms with Crippen LogP contribution >= 0.6 is 15.9 Å². The van der Waals surface area contributed by atoms with E-state index in [0.717, 1.165) is 4.47 Å². The van der Waals surface area contributed by atoms with Crippen molar-refractivity contribution >= 4 is 22.0 Å². The quantitative estimate of drug-likeness (QED) is 0.710. The molecule has 0 spiro atoms. The van der Waals surface area contributed by atoms with Crippen LogP contribution in [0.4, 0.5) is 4.39 Å². The molecule has 0 N–H and O–H groups in total. The third kappa shape index (κ3) is 2.08. The SMILES string of the molecule is CO/C=C/c1c(F)cccc1Br. The van der Waals surface area contributed by atoms with Crippen LogP contribution in [0.25, 0.3) is 6.08 Å². The zero-order chi connectivity index (χ0) is 8.97. The summed E-state index contributed by atoms with van der Waals surface area (Å²) < 4.78 is 18.4. The molecule has 0 aliphatic carbocycles. The first-order valence-electron chi connectivity index (χ1n) is 3.39. The summed E-state index contributed by atoms with van der Waals surface area (Å²) >= 11 is 3.23. The minimum Gasteiger partial charge on any atom is -0.504 e. The van der Waals surface area contributed by atoms with E-state index in [1.807, 2.05) is 0 Å². The van der Waals surface area contributed by atoms with E-state index in [2.05, 4.69) is 20.7 Å². The molecule has 0 amide bonds. The van der Waals surface area contributed by atoms with E-state index in [1.165, 1.54) is 19.4 Å². The lowest BCUT2D eigenvalue weighted by Gasteiger charge is -1.98. The average Bonchev–Trinajstić information content (AvgIpc) is 2.04. The van der Waals surface area contributed by atoms with Crippen LogP contribution in [0.15, 0.2) is 28.9 Å². The van der Waals surface area contributed by atoms with Gasteiger partial charge < -0.3 is 4.74 Å². The van der Waals surface area contributed by atoms with Crippen LogP contribution in [0.5, 0.6) is 0 Å². The monoisotopic (exact) mass is 230 g/mol. The maximum Gasteiger partial charge on any atom is 0.131 e. The fourth-order valence-corrected chi connectivity index (χ4v) is 1.28. The molecule has 0 fully saturated rings. The summed E-state index contributed by atoms with van der Waals surface area (Å²) in [5.74, 6) is -0.266. The Morgan fingerprint density at radius 3 is 2.83 bits per heavy atom. The van der Waals surface area contributed by atoms with Gasteiger partial charge in [-0.3, -0.25) is 0 Å². The molecule has 0 heterocycles. The van der Waals surface area contributed by atoms with Crippen molar-refractivity contribution in [3.63, 3.8) is 0 Å². The van der Waals surface area contributed by atoms with E-state index in [1.54, 1.807) is 18.2 Å². The Bertz CT molecular complexity index is 276. The molecule has 0 aliphatic rings. The van der Waals surface area contributed by atoms with Gasteiger partial charge in [-0.05, 0) is 18.2 Å². The van der Waals surface area contributed by atoms with Crippen molar-refractivity contribution in [3.8, 4) is 0 Å². The Morgan fingerprint density at radius 1 is 1.50 bits per heavy atom. The second-order valence-electron chi connectivity index (χ2n) is 2.17. The van der Waals surface area contributed by atoms with Crippen molar-refractivity contribution < 1.29 is 9.13 Å². The maximum atomic E-state index is 13.0. The predicted octanol–water partition coefficient (Wildman–Crippen LogP) is 3.21. The Morgan fingerprint density at radius 2 is 2.25 bits per heavy atom. The Hall–Kier alpha value is -0.830. The number of hydrogen-bond donors (Lipinski definition) is 0. The van der Waals surface area contributed by atoms with Gasteiger partial charge in [0.2, 0.25) is 0 Å². The molecule has 0 aliphatic heterocycles. The highest BCUT2D eigenvalue weighted by atomic mass is 79.9. The molecule has 1 rings (SSSR count).